The fraction of sp³-hybridized carbons (Fsp3) is 0.296. The minimum absolute atomic E-state index is 0.0115. The molecule has 180 valence electrons. The number of aliphatic hydroxyl groups is 1. The lowest BCUT2D eigenvalue weighted by atomic mass is 9.80. The molecule has 3 amide bonds. The maximum atomic E-state index is 12.9. The minimum Gasteiger partial charge on any atom is -0.388 e. The predicted molar refractivity (Wildman–Crippen MR) is 136 cm³/mol. The first-order valence-electron chi connectivity index (χ1n) is 11.8. The molecule has 0 unspecified atom stereocenters. The molecule has 1 aliphatic heterocycles. The van der Waals surface area contributed by atoms with Gasteiger partial charge in [-0.1, -0.05) is 30.3 Å². The van der Waals surface area contributed by atoms with E-state index in [2.05, 4.69) is 16.7 Å². The van der Waals surface area contributed by atoms with Gasteiger partial charge in [0.05, 0.1) is 10.5 Å². The van der Waals surface area contributed by atoms with Crippen molar-refractivity contribution in [3.05, 3.63) is 81.5 Å². The number of anilines is 2. The van der Waals surface area contributed by atoms with Gasteiger partial charge in [-0.05, 0) is 72.0 Å². The van der Waals surface area contributed by atoms with Crippen LogP contribution in [0.25, 0.3) is 0 Å². The van der Waals surface area contributed by atoms with Crippen LogP contribution >= 0.6 is 11.3 Å². The standard InChI is InChI=1S/C27H27N3O4S/c31-24(28-17-27(34)12-11-18-5-1-2-6-20(18)16-27)25(32)29-21-9-10-22-19(15-21)7-3-13-30(22)26(33)23-8-4-14-35-23/h1-2,4-6,8-10,14-15,34H,3,7,11-13,16-17H2,(H,28,31)(H,29,32)/t27-/m1/s1. The molecule has 3 N–H and O–H groups in total. The van der Waals surface area contributed by atoms with Gasteiger partial charge >= 0.3 is 11.8 Å². The molecule has 8 heteroatoms. The van der Waals surface area contributed by atoms with E-state index in [4.69, 9.17) is 0 Å². The van der Waals surface area contributed by atoms with Gasteiger partial charge in [-0.2, -0.15) is 0 Å². The Balaban J connectivity index is 1.20. The zero-order chi connectivity index (χ0) is 24.4. The molecule has 0 bridgehead atoms. The second-order valence-corrected chi connectivity index (χ2v) is 10.1. The Kier molecular flexibility index (Phi) is 6.40. The molecule has 0 saturated carbocycles. The van der Waals surface area contributed by atoms with Gasteiger partial charge in [0, 0.05) is 30.9 Å². The van der Waals surface area contributed by atoms with Crippen LogP contribution in [0, 0.1) is 0 Å². The highest BCUT2D eigenvalue weighted by Gasteiger charge is 2.33. The van der Waals surface area contributed by atoms with Gasteiger partial charge in [-0.3, -0.25) is 14.4 Å². The van der Waals surface area contributed by atoms with E-state index >= 15 is 0 Å². The predicted octanol–water partition coefficient (Wildman–Crippen LogP) is 3.32. The maximum absolute atomic E-state index is 12.9. The first-order valence-corrected chi connectivity index (χ1v) is 12.7. The topological polar surface area (TPSA) is 98.7 Å². The maximum Gasteiger partial charge on any atom is 0.313 e. The Morgan fingerprint density at radius 3 is 2.60 bits per heavy atom. The van der Waals surface area contributed by atoms with E-state index in [1.54, 1.807) is 11.0 Å². The monoisotopic (exact) mass is 489 g/mol. The number of fused-ring (bicyclic) bond motifs is 2. The van der Waals surface area contributed by atoms with Crippen LogP contribution < -0.4 is 15.5 Å². The summed E-state index contributed by atoms with van der Waals surface area (Å²) >= 11 is 1.41. The van der Waals surface area contributed by atoms with E-state index in [1.165, 1.54) is 16.9 Å². The van der Waals surface area contributed by atoms with Gasteiger partial charge in [-0.15, -0.1) is 11.3 Å². The number of amides is 3. The molecule has 7 nitrogen and oxygen atoms in total. The average molecular weight is 490 g/mol. The Bertz CT molecular complexity index is 1270. The number of nitrogens with zero attached hydrogens (tertiary/aromatic N) is 1. The lowest BCUT2D eigenvalue weighted by molar-refractivity contribution is -0.136. The summed E-state index contributed by atoms with van der Waals surface area (Å²) in [5, 5.41) is 18.0. The molecule has 2 heterocycles. The third kappa shape index (κ3) is 4.99. The second-order valence-electron chi connectivity index (χ2n) is 9.19. The molecular formula is C27H27N3O4S. The van der Waals surface area contributed by atoms with Crippen molar-refractivity contribution in [3.63, 3.8) is 0 Å². The number of benzene rings is 2. The van der Waals surface area contributed by atoms with Gasteiger partial charge in [0.15, 0.2) is 0 Å². The van der Waals surface area contributed by atoms with E-state index in [-0.39, 0.29) is 12.5 Å². The van der Waals surface area contributed by atoms with Crippen LogP contribution in [0.15, 0.2) is 60.0 Å². The summed E-state index contributed by atoms with van der Waals surface area (Å²) in [7, 11) is 0. The molecule has 3 aromatic rings. The van der Waals surface area contributed by atoms with Crippen molar-refractivity contribution in [2.75, 3.05) is 23.3 Å². The van der Waals surface area contributed by atoms with Crippen molar-refractivity contribution in [1.82, 2.24) is 5.32 Å². The molecule has 1 aromatic heterocycles. The number of hydrogen-bond acceptors (Lipinski definition) is 5. The summed E-state index contributed by atoms with van der Waals surface area (Å²) < 4.78 is 0. The summed E-state index contributed by atoms with van der Waals surface area (Å²) in [4.78, 5) is 40.3. The fourth-order valence-electron chi connectivity index (χ4n) is 4.87. The van der Waals surface area contributed by atoms with Crippen LogP contribution in [0.3, 0.4) is 0 Å². The van der Waals surface area contributed by atoms with E-state index in [9.17, 15) is 19.5 Å². The Labute approximate surface area is 207 Å². The first-order chi connectivity index (χ1) is 16.9. The second kappa shape index (κ2) is 9.64. The quantitative estimate of drug-likeness (QED) is 0.490. The van der Waals surface area contributed by atoms with E-state index < -0.39 is 17.4 Å². The van der Waals surface area contributed by atoms with Crippen molar-refractivity contribution < 1.29 is 19.5 Å². The lowest BCUT2D eigenvalue weighted by Crippen LogP contribution is -2.49. The van der Waals surface area contributed by atoms with Crippen LogP contribution in [0.2, 0.25) is 0 Å². The van der Waals surface area contributed by atoms with E-state index in [0.29, 0.717) is 30.0 Å². The third-order valence-corrected chi connectivity index (χ3v) is 7.57. The van der Waals surface area contributed by atoms with Gasteiger partial charge in [0.1, 0.15) is 0 Å². The Morgan fingerprint density at radius 2 is 1.80 bits per heavy atom. The van der Waals surface area contributed by atoms with E-state index in [1.807, 2.05) is 47.8 Å². The van der Waals surface area contributed by atoms with Crippen LogP contribution in [0.5, 0.6) is 0 Å². The highest BCUT2D eigenvalue weighted by molar-refractivity contribution is 7.12. The smallest absolute Gasteiger partial charge is 0.313 e. The zero-order valence-corrected chi connectivity index (χ0v) is 20.1. The molecule has 1 aliphatic carbocycles. The van der Waals surface area contributed by atoms with Crippen molar-refractivity contribution in [3.8, 4) is 0 Å². The third-order valence-electron chi connectivity index (χ3n) is 6.71. The van der Waals surface area contributed by atoms with Crippen molar-refractivity contribution in [2.45, 2.75) is 37.7 Å². The number of rotatable bonds is 4. The fourth-order valence-corrected chi connectivity index (χ4v) is 5.54. The largest absolute Gasteiger partial charge is 0.388 e. The Hall–Kier alpha value is -3.49. The number of nitrogens with one attached hydrogen (secondary N) is 2. The molecular weight excluding hydrogens is 462 g/mol. The minimum atomic E-state index is -1.07. The summed E-state index contributed by atoms with van der Waals surface area (Å²) in [5.41, 5.74) is 3.49. The number of aryl methyl sites for hydroxylation is 2. The van der Waals surface area contributed by atoms with Gasteiger partial charge in [0.25, 0.3) is 5.91 Å². The molecule has 0 spiro atoms. The van der Waals surface area contributed by atoms with Crippen LogP contribution in [0.1, 0.15) is 39.2 Å². The van der Waals surface area contributed by atoms with Gasteiger partial charge in [-0.25, -0.2) is 0 Å². The molecule has 2 aromatic carbocycles. The number of carbonyl (C=O) groups is 3. The molecule has 35 heavy (non-hydrogen) atoms. The number of thiophene rings is 1. The number of carbonyl (C=O) groups excluding carboxylic acids is 3. The molecule has 2 aliphatic rings. The highest BCUT2D eigenvalue weighted by atomic mass is 32.1. The van der Waals surface area contributed by atoms with Crippen LogP contribution in [-0.4, -0.2) is 41.5 Å². The van der Waals surface area contributed by atoms with Crippen molar-refractivity contribution >= 4 is 40.4 Å². The summed E-state index contributed by atoms with van der Waals surface area (Å²) in [6.07, 6.45) is 3.31. The molecule has 0 saturated heterocycles. The van der Waals surface area contributed by atoms with Crippen molar-refractivity contribution in [2.24, 2.45) is 0 Å². The number of hydrogen-bond donors (Lipinski definition) is 3. The van der Waals surface area contributed by atoms with Gasteiger partial charge in [0.2, 0.25) is 0 Å². The first kappa shape index (κ1) is 23.3. The Morgan fingerprint density at radius 1 is 0.971 bits per heavy atom. The summed E-state index contributed by atoms with van der Waals surface area (Å²) in [6, 6.07) is 17.0. The zero-order valence-electron chi connectivity index (χ0n) is 19.3. The normalized spacial score (nSPS) is 18.8. The molecule has 5 rings (SSSR count). The van der Waals surface area contributed by atoms with Gasteiger partial charge < -0.3 is 20.6 Å². The van der Waals surface area contributed by atoms with Crippen LogP contribution in [-0.2, 0) is 28.9 Å². The van der Waals surface area contributed by atoms with Crippen LogP contribution in [0.4, 0.5) is 11.4 Å². The SMILES string of the molecule is O=C(NC[C@@]1(O)CCc2ccccc2C1)C(=O)Nc1ccc2c(c1)CCCN2C(=O)c1cccs1. The highest BCUT2D eigenvalue weighted by Crippen LogP contribution is 2.32. The summed E-state index contributed by atoms with van der Waals surface area (Å²) in [5.74, 6) is -1.60. The summed E-state index contributed by atoms with van der Waals surface area (Å²) in [6.45, 7) is 0.656. The molecule has 0 radical (unpaired) electrons. The molecule has 1 atom stereocenters. The molecule has 0 fully saturated rings. The van der Waals surface area contributed by atoms with Crippen molar-refractivity contribution in [1.29, 1.82) is 0 Å². The lowest BCUT2D eigenvalue weighted by Gasteiger charge is -2.33. The van der Waals surface area contributed by atoms with E-state index in [0.717, 1.165) is 36.1 Å². The average Bonchev–Trinajstić information content (AvgIpc) is 3.41.